The first-order valence-electron chi connectivity index (χ1n) is 10.3. The zero-order valence-electron chi connectivity index (χ0n) is 17.7. The van der Waals surface area contributed by atoms with E-state index >= 15 is 0 Å². The highest BCUT2D eigenvalue weighted by Crippen LogP contribution is 2.39. The molecule has 10 nitrogen and oxygen atoms in total. The number of nitrogens with two attached hydrogens (primary N) is 1. The van der Waals surface area contributed by atoms with Crippen LogP contribution in [0.15, 0.2) is 24.5 Å². The molecule has 0 unspecified atom stereocenters. The first kappa shape index (κ1) is 24.1. The monoisotopic (exact) mass is 499 g/mol. The van der Waals surface area contributed by atoms with E-state index in [2.05, 4.69) is 25.1 Å². The van der Waals surface area contributed by atoms with E-state index in [1.54, 1.807) is 12.4 Å². The number of anilines is 1. The van der Waals surface area contributed by atoms with Gasteiger partial charge in [0.05, 0.1) is 25.1 Å². The van der Waals surface area contributed by atoms with Crippen LogP contribution < -0.4 is 10.6 Å². The molecular formula is C20H21ClF3N7O3. The van der Waals surface area contributed by atoms with Gasteiger partial charge in [-0.3, -0.25) is 5.10 Å². The fraction of sp³-hybridized carbons (Fsp3) is 0.450. The molecule has 2 aliphatic heterocycles. The molecule has 4 N–H and O–H groups in total. The average Bonchev–Trinajstić information content (AvgIpc) is 3.38. The van der Waals surface area contributed by atoms with Crippen LogP contribution in [0.1, 0.15) is 12.8 Å². The van der Waals surface area contributed by atoms with Crippen LogP contribution in [0.3, 0.4) is 0 Å². The summed E-state index contributed by atoms with van der Waals surface area (Å²) in [5.41, 5.74) is 9.14. The molecule has 5 rings (SSSR count). The summed E-state index contributed by atoms with van der Waals surface area (Å²) in [6.45, 7) is 3.21. The summed E-state index contributed by atoms with van der Waals surface area (Å²) < 4.78 is 37.3. The maximum absolute atomic E-state index is 10.6. The van der Waals surface area contributed by atoms with Crippen molar-refractivity contribution < 1.29 is 27.8 Å². The number of alkyl halides is 3. The van der Waals surface area contributed by atoms with E-state index < -0.39 is 12.1 Å². The van der Waals surface area contributed by atoms with Gasteiger partial charge >= 0.3 is 12.1 Å². The van der Waals surface area contributed by atoms with Gasteiger partial charge in [-0.25, -0.2) is 19.7 Å². The molecule has 14 heteroatoms. The van der Waals surface area contributed by atoms with Gasteiger partial charge in [-0.1, -0.05) is 11.6 Å². The molecule has 2 aliphatic rings. The van der Waals surface area contributed by atoms with Crippen molar-refractivity contribution in [1.82, 2.24) is 25.1 Å². The maximum Gasteiger partial charge on any atom is 0.490 e. The Morgan fingerprint density at radius 2 is 2.03 bits per heavy atom. The van der Waals surface area contributed by atoms with Crippen molar-refractivity contribution in [2.75, 3.05) is 31.2 Å². The molecule has 1 atom stereocenters. The number of carbonyl (C=O) groups is 1. The topological polar surface area (TPSA) is 143 Å². The standard InChI is InChI=1S/C18H20ClN7O.C2HF3O2/c19-16-11(2-1-5-21-16)14-15-17(25-24-14)23-13(8-22-15)26-6-3-18(4-7-26)10-27-9-12(18)20;3-2(4,5)1(6)7/h1-2,5,8,12H,3-4,6-7,9-10,20H2,(H,23,24,25);(H,6,7)/t12-;/m1./s1. The van der Waals surface area contributed by atoms with E-state index in [0.29, 0.717) is 22.9 Å². The van der Waals surface area contributed by atoms with Gasteiger partial charge in [0.2, 0.25) is 5.65 Å². The molecule has 0 radical (unpaired) electrons. The van der Waals surface area contributed by atoms with Crippen LogP contribution in [-0.4, -0.2) is 74.7 Å². The van der Waals surface area contributed by atoms with Gasteiger partial charge in [0.15, 0.2) is 0 Å². The van der Waals surface area contributed by atoms with Gasteiger partial charge in [-0.15, -0.1) is 0 Å². The Kier molecular flexibility index (Phi) is 6.60. The number of pyridine rings is 1. The quantitative estimate of drug-likeness (QED) is 0.453. The fourth-order valence-corrected chi connectivity index (χ4v) is 4.28. The van der Waals surface area contributed by atoms with Gasteiger partial charge < -0.3 is 20.5 Å². The number of piperidine rings is 1. The molecule has 2 fully saturated rings. The first-order valence-corrected chi connectivity index (χ1v) is 10.7. The highest BCUT2D eigenvalue weighted by molar-refractivity contribution is 6.32. The number of carboxylic acid groups (broad SMARTS) is 1. The molecule has 2 saturated heterocycles. The number of ether oxygens (including phenoxy) is 1. The molecule has 1 spiro atoms. The summed E-state index contributed by atoms with van der Waals surface area (Å²) in [6.07, 6.45) is 0.378. The van der Waals surface area contributed by atoms with Gasteiger partial charge in [0.25, 0.3) is 0 Å². The lowest BCUT2D eigenvalue weighted by atomic mass is 9.75. The number of rotatable bonds is 2. The maximum atomic E-state index is 10.6. The first-order chi connectivity index (χ1) is 16.1. The van der Waals surface area contributed by atoms with Crippen molar-refractivity contribution in [3.63, 3.8) is 0 Å². The van der Waals surface area contributed by atoms with E-state index in [0.717, 1.165) is 49.6 Å². The third kappa shape index (κ3) is 4.76. The number of hydrogen-bond acceptors (Lipinski definition) is 8. The van der Waals surface area contributed by atoms with Gasteiger partial charge in [-0.2, -0.15) is 18.3 Å². The third-order valence-electron chi connectivity index (χ3n) is 6.08. The van der Waals surface area contributed by atoms with Crippen LogP contribution >= 0.6 is 11.6 Å². The zero-order chi connectivity index (χ0) is 24.5. The van der Waals surface area contributed by atoms with Crippen LogP contribution in [0.2, 0.25) is 5.15 Å². The summed E-state index contributed by atoms with van der Waals surface area (Å²) in [4.78, 5) is 24.6. The smallest absolute Gasteiger partial charge is 0.475 e. The number of nitrogens with one attached hydrogen (secondary N) is 1. The Bertz CT molecular complexity index is 1180. The Hall–Kier alpha value is -3.03. The molecule has 0 saturated carbocycles. The molecule has 3 aromatic rings. The second-order valence-electron chi connectivity index (χ2n) is 8.11. The normalized spacial score (nSPS) is 19.8. The second kappa shape index (κ2) is 9.31. The molecule has 5 heterocycles. The minimum absolute atomic E-state index is 0.116. The predicted octanol–water partition coefficient (Wildman–Crippen LogP) is 2.65. The Labute approximate surface area is 196 Å². The van der Waals surface area contributed by atoms with E-state index in [1.807, 2.05) is 12.1 Å². The Morgan fingerprint density at radius 3 is 2.62 bits per heavy atom. The number of carboxylic acids is 1. The molecule has 0 aliphatic carbocycles. The summed E-state index contributed by atoms with van der Waals surface area (Å²) in [5.74, 6) is -1.92. The molecular weight excluding hydrogens is 479 g/mol. The highest BCUT2D eigenvalue weighted by Gasteiger charge is 2.44. The Morgan fingerprint density at radius 1 is 1.32 bits per heavy atom. The van der Waals surface area contributed by atoms with Crippen molar-refractivity contribution in [1.29, 1.82) is 0 Å². The molecule has 0 bridgehead atoms. The third-order valence-corrected chi connectivity index (χ3v) is 6.38. The number of aromatic amines is 1. The predicted molar refractivity (Wildman–Crippen MR) is 116 cm³/mol. The van der Waals surface area contributed by atoms with Crippen molar-refractivity contribution in [3.05, 3.63) is 29.7 Å². The zero-order valence-corrected chi connectivity index (χ0v) is 18.5. The lowest BCUT2D eigenvalue weighted by molar-refractivity contribution is -0.192. The minimum Gasteiger partial charge on any atom is -0.475 e. The van der Waals surface area contributed by atoms with Crippen molar-refractivity contribution in [3.8, 4) is 11.3 Å². The van der Waals surface area contributed by atoms with E-state index in [1.165, 1.54) is 0 Å². The number of nitrogens with zero attached hydrogens (tertiary/aromatic N) is 5. The van der Waals surface area contributed by atoms with Crippen LogP contribution in [-0.2, 0) is 9.53 Å². The number of fused-ring (bicyclic) bond motifs is 1. The highest BCUT2D eigenvalue weighted by atomic mass is 35.5. The molecule has 34 heavy (non-hydrogen) atoms. The Balaban J connectivity index is 0.000000344. The lowest BCUT2D eigenvalue weighted by Gasteiger charge is -2.41. The number of hydrogen-bond donors (Lipinski definition) is 3. The van der Waals surface area contributed by atoms with Gasteiger partial charge in [-0.05, 0) is 25.0 Å². The number of H-pyrrole nitrogens is 1. The van der Waals surface area contributed by atoms with Crippen LogP contribution in [0.5, 0.6) is 0 Å². The molecule has 3 aromatic heterocycles. The number of aromatic nitrogens is 5. The van der Waals surface area contributed by atoms with Crippen LogP contribution in [0.25, 0.3) is 22.4 Å². The van der Waals surface area contributed by atoms with Crippen molar-refractivity contribution in [2.45, 2.75) is 25.1 Å². The van der Waals surface area contributed by atoms with E-state index in [-0.39, 0.29) is 11.5 Å². The van der Waals surface area contributed by atoms with Crippen LogP contribution in [0, 0.1) is 5.41 Å². The number of halogens is 4. The lowest BCUT2D eigenvalue weighted by Crippen LogP contribution is -2.49. The van der Waals surface area contributed by atoms with Crippen LogP contribution in [0.4, 0.5) is 19.0 Å². The van der Waals surface area contributed by atoms with E-state index in [9.17, 15) is 13.2 Å². The fourth-order valence-electron chi connectivity index (χ4n) is 4.07. The largest absolute Gasteiger partial charge is 0.490 e. The van der Waals surface area contributed by atoms with Crippen molar-refractivity contribution >= 4 is 34.6 Å². The molecule has 0 amide bonds. The number of aliphatic carboxylic acids is 1. The van der Waals surface area contributed by atoms with Gasteiger partial charge in [0.1, 0.15) is 16.5 Å². The minimum atomic E-state index is -5.08. The van der Waals surface area contributed by atoms with E-state index in [4.69, 9.17) is 37.0 Å². The summed E-state index contributed by atoms with van der Waals surface area (Å²) >= 11 is 6.20. The second-order valence-corrected chi connectivity index (χ2v) is 8.47. The van der Waals surface area contributed by atoms with Gasteiger partial charge in [0, 0.05) is 36.3 Å². The summed E-state index contributed by atoms with van der Waals surface area (Å²) in [7, 11) is 0. The summed E-state index contributed by atoms with van der Waals surface area (Å²) in [5, 5.41) is 14.9. The average molecular weight is 500 g/mol. The SMILES string of the molecule is N[C@@H]1COCC12CCN(c1cnc3c(-c4cccnc4Cl)[nH]nc3n1)CC2.O=C(O)C(F)(F)F. The van der Waals surface area contributed by atoms with Crippen molar-refractivity contribution in [2.24, 2.45) is 11.1 Å². The summed E-state index contributed by atoms with van der Waals surface area (Å²) in [6, 6.07) is 3.84. The molecule has 182 valence electrons. The molecule has 0 aromatic carbocycles.